The van der Waals surface area contributed by atoms with E-state index in [1.807, 2.05) is 34.9 Å². The average molecular weight is 474 g/mol. The molecule has 4 N–H and O–H groups in total. The van der Waals surface area contributed by atoms with Gasteiger partial charge in [0.15, 0.2) is 11.5 Å². The smallest absolute Gasteiger partial charge is 0.251 e. The molecule has 182 valence electrons. The van der Waals surface area contributed by atoms with Crippen molar-refractivity contribution in [3.8, 4) is 23.1 Å². The molecule has 5 rings (SSSR count). The highest BCUT2D eigenvalue weighted by Crippen LogP contribution is 2.29. The number of hydrogen-bond acceptors (Lipinski definition) is 6. The van der Waals surface area contributed by atoms with Crippen LogP contribution in [0.25, 0.3) is 16.9 Å². The third-order valence-corrected chi connectivity index (χ3v) is 6.58. The molecule has 2 aromatic heterocycles. The third-order valence-electron chi connectivity index (χ3n) is 6.58. The summed E-state index contributed by atoms with van der Waals surface area (Å²) in [5.41, 5.74) is 2.69. The Morgan fingerprint density at radius 1 is 1.17 bits per heavy atom. The maximum atomic E-state index is 12.4. The van der Waals surface area contributed by atoms with Gasteiger partial charge in [-0.3, -0.25) is 9.20 Å². The molecule has 2 fully saturated rings. The van der Waals surface area contributed by atoms with Crippen LogP contribution in [0, 0.1) is 11.8 Å². The fourth-order valence-electron chi connectivity index (χ4n) is 4.38. The molecule has 0 unspecified atom stereocenters. The van der Waals surface area contributed by atoms with Gasteiger partial charge in [-0.2, -0.15) is 0 Å². The van der Waals surface area contributed by atoms with Crippen LogP contribution in [0.4, 0.5) is 5.82 Å². The Labute approximate surface area is 204 Å². The number of anilines is 1. The van der Waals surface area contributed by atoms with E-state index < -0.39 is 5.60 Å². The molecule has 0 aliphatic heterocycles. The third kappa shape index (κ3) is 5.47. The number of hydrogen-bond donors (Lipinski definition) is 4. The van der Waals surface area contributed by atoms with E-state index in [1.165, 1.54) is 0 Å². The molecular weight excluding hydrogens is 442 g/mol. The van der Waals surface area contributed by atoms with Crippen molar-refractivity contribution in [1.82, 2.24) is 19.7 Å². The van der Waals surface area contributed by atoms with E-state index in [1.54, 1.807) is 6.20 Å². The lowest BCUT2D eigenvalue weighted by atomic mass is 10.0. The van der Waals surface area contributed by atoms with Gasteiger partial charge in [0.25, 0.3) is 5.91 Å². The first-order chi connectivity index (χ1) is 17.0. The van der Waals surface area contributed by atoms with E-state index in [-0.39, 0.29) is 12.5 Å². The topological polar surface area (TPSA) is 112 Å². The van der Waals surface area contributed by atoms with E-state index in [4.69, 9.17) is 5.11 Å². The molecule has 35 heavy (non-hydrogen) atoms. The summed E-state index contributed by atoms with van der Waals surface area (Å²) in [7, 11) is 0. The van der Waals surface area contributed by atoms with Crippen molar-refractivity contribution < 1.29 is 15.0 Å². The van der Waals surface area contributed by atoms with Crippen LogP contribution in [0.3, 0.4) is 0 Å². The van der Waals surface area contributed by atoms with Gasteiger partial charge in [0.05, 0.1) is 11.9 Å². The predicted octanol–water partition coefficient (Wildman–Crippen LogP) is 3.13. The summed E-state index contributed by atoms with van der Waals surface area (Å²) in [5, 5.41) is 26.1. The summed E-state index contributed by atoms with van der Waals surface area (Å²) >= 11 is 0. The number of fused-ring (bicyclic) bond motifs is 1. The van der Waals surface area contributed by atoms with E-state index >= 15 is 0 Å². The fraction of sp³-hybridized carbons (Fsp3) is 0.444. The van der Waals surface area contributed by atoms with Gasteiger partial charge in [0.2, 0.25) is 0 Å². The van der Waals surface area contributed by atoms with Crippen LogP contribution in [0.5, 0.6) is 0 Å². The fourth-order valence-corrected chi connectivity index (χ4v) is 4.38. The second kappa shape index (κ2) is 10.1. The minimum absolute atomic E-state index is 0.0434. The van der Waals surface area contributed by atoms with Gasteiger partial charge >= 0.3 is 0 Å². The molecular formula is C27H31N5O3. The van der Waals surface area contributed by atoms with E-state index in [0.717, 1.165) is 43.4 Å². The molecule has 0 saturated heterocycles. The molecule has 2 aliphatic carbocycles. The van der Waals surface area contributed by atoms with Crippen molar-refractivity contribution >= 4 is 17.4 Å². The lowest BCUT2D eigenvalue weighted by molar-refractivity contribution is 0.0951. The monoisotopic (exact) mass is 473 g/mol. The summed E-state index contributed by atoms with van der Waals surface area (Å²) in [4.78, 5) is 21.6. The normalized spacial score (nSPS) is 16.6. The molecule has 8 heteroatoms. The minimum atomic E-state index is -0.944. The Morgan fingerprint density at radius 2 is 1.94 bits per heavy atom. The molecule has 2 aliphatic rings. The lowest BCUT2D eigenvalue weighted by Gasteiger charge is -2.13. The molecule has 0 atom stereocenters. The standard InChI is InChI=1S/C27H31N5O3/c33-16-4-3-15-28-24-25-29-17-23(19-5-7-20(8-6-19)26(34)31-21-9-10-21)32(25)18-22(30-24)11-14-27(35)12-1-2-13-27/h5-8,17-18,21,33,35H,1-4,9-10,12-13,15-16H2,(H,28,30)(H,31,34). The zero-order valence-electron chi connectivity index (χ0n) is 19.8. The van der Waals surface area contributed by atoms with Gasteiger partial charge in [-0.15, -0.1) is 0 Å². The SMILES string of the molecule is O=C(NC1CC1)c1ccc(-c2cnc3c(NCCCCO)nc(C#CC4(O)CCCC4)cn23)cc1. The van der Waals surface area contributed by atoms with Gasteiger partial charge in [-0.25, -0.2) is 9.97 Å². The Hall–Kier alpha value is -3.41. The quantitative estimate of drug-likeness (QED) is 0.295. The van der Waals surface area contributed by atoms with E-state index in [0.29, 0.717) is 54.6 Å². The van der Waals surface area contributed by atoms with Gasteiger partial charge in [0, 0.05) is 36.5 Å². The first-order valence-electron chi connectivity index (χ1n) is 12.4. The first-order valence-corrected chi connectivity index (χ1v) is 12.4. The number of carbonyl (C=O) groups is 1. The van der Waals surface area contributed by atoms with Crippen molar-refractivity contribution in [2.24, 2.45) is 0 Å². The van der Waals surface area contributed by atoms with Crippen LogP contribution in [0.2, 0.25) is 0 Å². The zero-order chi connectivity index (χ0) is 24.3. The average Bonchev–Trinajstić information content (AvgIpc) is 3.40. The Morgan fingerprint density at radius 3 is 2.66 bits per heavy atom. The van der Waals surface area contributed by atoms with Gasteiger partial charge in [-0.05, 0) is 69.4 Å². The molecule has 2 heterocycles. The van der Waals surface area contributed by atoms with Crippen LogP contribution in [0.1, 0.15) is 67.4 Å². The number of benzene rings is 1. The number of nitrogens with one attached hydrogen (secondary N) is 2. The molecule has 8 nitrogen and oxygen atoms in total. The molecule has 2 saturated carbocycles. The highest BCUT2D eigenvalue weighted by Gasteiger charge is 2.28. The van der Waals surface area contributed by atoms with Gasteiger partial charge in [-0.1, -0.05) is 18.1 Å². The van der Waals surface area contributed by atoms with Crippen LogP contribution < -0.4 is 10.6 Å². The maximum Gasteiger partial charge on any atom is 0.251 e. The summed E-state index contributed by atoms with van der Waals surface area (Å²) < 4.78 is 1.95. The number of aromatic nitrogens is 3. The Kier molecular flexibility index (Phi) is 6.71. The highest BCUT2D eigenvalue weighted by atomic mass is 16.3. The number of aliphatic hydroxyl groups is 2. The number of rotatable bonds is 8. The highest BCUT2D eigenvalue weighted by molar-refractivity contribution is 5.95. The molecule has 1 amide bonds. The van der Waals surface area contributed by atoms with E-state index in [9.17, 15) is 9.90 Å². The van der Waals surface area contributed by atoms with Gasteiger partial charge in [0.1, 0.15) is 11.3 Å². The number of nitrogens with zero attached hydrogens (tertiary/aromatic N) is 3. The van der Waals surface area contributed by atoms with Crippen LogP contribution in [0.15, 0.2) is 36.7 Å². The van der Waals surface area contributed by atoms with Crippen molar-refractivity contribution in [1.29, 1.82) is 0 Å². The minimum Gasteiger partial charge on any atom is -0.396 e. The van der Waals surface area contributed by atoms with Crippen LogP contribution in [-0.4, -0.2) is 55.3 Å². The molecule has 0 spiro atoms. The van der Waals surface area contributed by atoms with Gasteiger partial charge < -0.3 is 20.8 Å². The summed E-state index contributed by atoms with van der Waals surface area (Å²) in [6.45, 7) is 0.799. The lowest BCUT2D eigenvalue weighted by Crippen LogP contribution is -2.25. The van der Waals surface area contributed by atoms with Crippen molar-refractivity contribution in [2.45, 2.75) is 63.0 Å². The Balaban J connectivity index is 1.47. The predicted molar refractivity (Wildman–Crippen MR) is 134 cm³/mol. The Bertz CT molecular complexity index is 1260. The largest absolute Gasteiger partial charge is 0.396 e. The van der Waals surface area contributed by atoms with Crippen molar-refractivity contribution in [2.75, 3.05) is 18.5 Å². The summed E-state index contributed by atoms with van der Waals surface area (Å²) in [6.07, 6.45) is 10.6. The van der Waals surface area contributed by atoms with Crippen molar-refractivity contribution in [3.05, 3.63) is 47.9 Å². The zero-order valence-corrected chi connectivity index (χ0v) is 19.8. The number of carbonyl (C=O) groups excluding carboxylic acids is 1. The number of imidazole rings is 1. The second-order valence-electron chi connectivity index (χ2n) is 9.48. The molecule has 3 aromatic rings. The van der Waals surface area contributed by atoms with Crippen LogP contribution in [-0.2, 0) is 0 Å². The number of unbranched alkanes of at least 4 members (excludes halogenated alkanes) is 1. The number of aliphatic hydroxyl groups excluding tert-OH is 1. The number of amides is 1. The van der Waals surface area contributed by atoms with Crippen LogP contribution >= 0.6 is 0 Å². The molecule has 0 radical (unpaired) electrons. The summed E-state index contributed by atoms with van der Waals surface area (Å²) in [6, 6.07) is 7.83. The maximum absolute atomic E-state index is 12.4. The molecule has 0 bridgehead atoms. The summed E-state index contributed by atoms with van der Waals surface area (Å²) in [5.74, 6) is 6.69. The first kappa shape index (κ1) is 23.3. The second-order valence-corrected chi connectivity index (χ2v) is 9.48. The van der Waals surface area contributed by atoms with Crippen molar-refractivity contribution in [3.63, 3.8) is 0 Å². The molecule has 1 aromatic carbocycles. The van der Waals surface area contributed by atoms with E-state index in [2.05, 4.69) is 32.4 Å².